The molecule has 3 aliphatic carbocycles. The van der Waals surface area contributed by atoms with Crippen LogP contribution in [0.2, 0.25) is 0 Å². The van der Waals surface area contributed by atoms with Gasteiger partial charge in [0.05, 0.1) is 18.0 Å². The number of rotatable bonds is 6. The molecule has 7 heteroatoms. The Bertz CT molecular complexity index is 688. The van der Waals surface area contributed by atoms with Crippen molar-refractivity contribution < 1.29 is 18.4 Å². The summed E-state index contributed by atoms with van der Waals surface area (Å²) in [6.07, 6.45) is 4.08. The average molecular weight is 351 g/mol. The number of amides is 2. The first-order chi connectivity index (χ1) is 12.0. The van der Waals surface area contributed by atoms with Gasteiger partial charge in [-0.05, 0) is 44.1 Å². The second-order valence-electron chi connectivity index (χ2n) is 7.72. The molecular weight excluding hydrogens is 328 g/mol. The maximum Gasteiger partial charge on any atom is 0.253 e. The summed E-state index contributed by atoms with van der Waals surface area (Å²) in [7, 11) is 0. The van der Waals surface area contributed by atoms with E-state index in [0.717, 1.165) is 18.5 Å². The number of aromatic nitrogens is 1. The summed E-state index contributed by atoms with van der Waals surface area (Å²) < 4.78 is 27.8. The van der Waals surface area contributed by atoms with Gasteiger partial charge in [-0.3, -0.25) is 9.59 Å². The van der Waals surface area contributed by atoms with Gasteiger partial charge in [-0.2, -0.15) is 0 Å². The van der Waals surface area contributed by atoms with Crippen molar-refractivity contribution in [2.45, 2.75) is 62.3 Å². The van der Waals surface area contributed by atoms with Crippen LogP contribution in [0.25, 0.3) is 0 Å². The fourth-order valence-corrected chi connectivity index (χ4v) is 3.73. The van der Waals surface area contributed by atoms with E-state index in [9.17, 15) is 18.4 Å². The van der Waals surface area contributed by atoms with Gasteiger partial charge in [0, 0.05) is 24.4 Å². The Kier molecular flexibility index (Phi) is 4.04. The summed E-state index contributed by atoms with van der Waals surface area (Å²) in [4.78, 5) is 27.2. The first kappa shape index (κ1) is 16.5. The predicted molar refractivity (Wildman–Crippen MR) is 87.7 cm³/mol. The molecule has 0 aliphatic heterocycles. The fraction of sp³-hybridized carbons (Fsp3) is 0.667. The number of carbonyl (C=O) groups is 2. The second-order valence-corrected chi connectivity index (χ2v) is 7.72. The Morgan fingerprint density at radius 3 is 2.76 bits per heavy atom. The van der Waals surface area contributed by atoms with E-state index in [0.29, 0.717) is 17.9 Å². The van der Waals surface area contributed by atoms with Crippen LogP contribution in [0.5, 0.6) is 0 Å². The van der Waals surface area contributed by atoms with Crippen LogP contribution in [0.15, 0.2) is 12.3 Å². The van der Waals surface area contributed by atoms with Crippen LogP contribution in [-0.4, -0.2) is 41.2 Å². The van der Waals surface area contributed by atoms with Crippen LogP contribution >= 0.6 is 0 Å². The molecule has 0 bridgehead atoms. The monoisotopic (exact) mass is 351 g/mol. The van der Waals surface area contributed by atoms with E-state index < -0.39 is 17.8 Å². The number of halogens is 2. The van der Waals surface area contributed by atoms with Gasteiger partial charge in [0.2, 0.25) is 5.91 Å². The molecule has 0 unspecified atom stereocenters. The molecule has 3 saturated carbocycles. The lowest BCUT2D eigenvalue weighted by molar-refractivity contribution is -0.123. The minimum absolute atomic E-state index is 0.0668. The van der Waals surface area contributed by atoms with E-state index in [2.05, 4.69) is 15.6 Å². The highest BCUT2D eigenvalue weighted by Gasteiger charge is 2.46. The molecule has 136 valence electrons. The van der Waals surface area contributed by atoms with Crippen LogP contribution in [0.4, 0.5) is 8.78 Å². The molecule has 0 aromatic carbocycles. The summed E-state index contributed by atoms with van der Waals surface area (Å²) in [6, 6.07) is 1.45. The van der Waals surface area contributed by atoms with Crippen molar-refractivity contribution in [2.75, 3.05) is 6.54 Å². The van der Waals surface area contributed by atoms with Crippen LogP contribution in [0, 0.1) is 5.92 Å². The first-order valence-corrected chi connectivity index (χ1v) is 9.04. The van der Waals surface area contributed by atoms with Crippen molar-refractivity contribution in [2.24, 2.45) is 5.92 Å². The number of hydrogen-bond donors (Lipinski definition) is 3. The molecule has 1 heterocycles. The number of nitrogens with one attached hydrogen (secondary N) is 3. The van der Waals surface area contributed by atoms with Gasteiger partial charge in [-0.15, -0.1) is 0 Å². The van der Waals surface area contributed by atoms with E-state index in [4.69, 9.17) is 0 Å². The summed E-state index contributed by atoms with van der Waals surface area (Å²) in [5.74, 6) is -0.704. The van der Waals surface area contributed by atoms with Gasteiger partial charge in [0.25, 0.3) is 5.91 Å². The zero-order chi connectivity index (χ0) is 17.6. The van der Waals surface area contributed by atoms with Crippen LogP contribution in [0.3, 0.4) is 0 Å². The third-order valence-corrected chi connectivity index (χ3v) is 5.52. The molecule has 2 amide bonds. The SMILES string of the molecule is O=C(NC[C@]1(F)CC[C@@H](NC(=O)[C@@H]2C[C@@H]2F)C1)c1cc[nH]c1C1CC1. The minimum atomic E-state index is -1.53. The number of hydrogen-bond acceptors (Lipinski definition) is 2. The lowest BCUT2D eigenvalue weighted by Gasteiger charge is -2.21. The highest BCUT2D eigenvalue weighted by molar-refractivity contribution is 5.95. The summed E-state index contributed by atoms with van der Waals surface area (Å²) in [5, 5.41) is 5.44. The molecule has 1 aromatic heterocycles. The Labute approximate surface area is 144 Å². The maximum absolute atomic E-state index is 14.9. The quantitative estimate of drug-likeness (QED) is 0.736. The Hall–Kier alpha value is -1.92. The Morgan fingerprint density at radius 1 is 1.32 bits per heavy atom. The van der Waals surface area contributed by atoms with Gasteiger partial charge in [-0.25, -0.2) is 8.78 Å². The van der Waals surface area contributed by atoms with Gasteiger partial charge < -0.3 is 15.6 Å². The normalized spacial score (nSPS) is 33.9. The summed E-state index contributed by atoms with van der Waals surface area (Å²) in [5.41, 5.74) is 0.00587. The predicted octanol–water partition coefficient (Wildman–Crippen LogP) is 2.36. The van der Waals surface area contributed by atoms with Crippen LogP contribution in [-0.2, 0) is 4.79 Å². The van der Waals surface area contributed by atoms with E-state index >= 15 is 0 Å². The van der Waals surface area contributed by atoms with Gasteiger partial charge >= 0.3 is 0 Å². The van der Waals surface area contributed by atoms with Gasteiger partial charge in [-0.1, -0.05) is 0 Å². The van der Waals surface area contributed by atoms with E-state index in [-0.39, 0.29) is 43.7 Å². The molecule has 1 aromatic rings. The third kappa shape index (κ3) is 3.55. The molecule has 5 nitrogen and oxygen atoms in total. The Morgan fingerprint density at radius 2 is 2.08 bits per heavy atom. The van der Waals surface area contributed by atoms with E-state index in [1.807, 2.05) is 0 Å². The van der Waals surface area contributed by atoms with Crippen molar-refractivity contribution in [3.8, 4) is 0 Å². The maximum atomic E-state index is 14.9. The average Bonchev–Trinajstić information content (AvgIpc) is 3.47. The van der Waals surface area contributed by atoms with Gasteiger partial charge in [0.15, 0.2) is 0 Å². The topological polar surface area (TPSA) is 74.0 Å². The molecule has 0 radical (unpaired) electrons. The molecule has 4 atom stereocenters. The smallest absolute Gasteiger partial charge is 0.253 e. The molecule has 25 heavy (non-hydrogen) atoms. The lowest BCUT2D eigenvalue weighted by Crippen LogP contribution is -2.41. The molecule has 3 aliphatic rings. The minimum Gasteiger partial charge on any atom is -0.364 e. The second kappa shape index (κ2) is 6.11. The zero-order valence-corrected chi connectivity index (χ0v) is 14.0. The largest absolute Gasteiger partial charge is 0.364 e. The molecule has 3 N–H and O–H groups in total. The van der Waals surface area contributed by atoms with Crippen molar-refractivity contribution in [1.82, 2.24) is 15.6 Å². The van der Waals surface area contributed by atoms with Crippen LogP contribution < -0.4 is 10.6 Å². The molecule has 3 fully saturated rings. The van der Waals surface area contributed by atoms with Gasteiger partial charge in [0.1, 0.15) is 11.8 Å². The molecule has 4 rings (SSSR count). The van der Waals surface area contributed by atoms with Crippen molar-refractivity contribution >= 4 is 11.8 Å². The van der Waals surface area contributed by atoms with Crippen molar-refractivity contribution in [1.29, 1.82) is 0 Å². The van der Waals surface area contributed by atoms with Crippen LogP contribution in [0.1, 0.15) is 60.5 Å². The number of alkyl halides is 2. The summed E-state index contributed by atoms with van der Waals surface area (Å²) >= 11 is 0. The highest BCUT2D eigenvalue weighted by Crippen LogP contribution is 2.41. The zero-order valence-electron chi connectivity index (χ0n) is 14.0. The van der Waals surface area contributed by atoms with E-state index in [1.54, 1.807) is 12.3 Å². The lowest BCUT2D eigenvalue weighted by atomic mass is 10.0. The number of aromatic amines is 1. The number of H-pyrrole nitrogens is 1. The molecule has 0 saturated heterocycles. The molecular formula is C18H23F2N3O2. The first-order valence-electron chi connectivity index (χ1n) is 9.04. The molecule has 0 spiro atoms. The third-order valence-electron chi connectivity index (χ3n) is 5.52. The van der Waals surface area contributed by atoms with E-state index in [1.165, 1.54) is 0 Å². The fourth-order valence-electron chi connectivity index (χ4n) is 3.73. The van der Waals surface area contributed by atoms with Crippen molar-refractivity contribution in [3.05, 3.63) is 23.5 Å². The summed E-state index contributed by atoms with van der Waals surface area (Å²) in [6.45, 7) is -0.0668. The number of carbonyl (C=O) groups excluding carboxylic acids is 2. The Balaban J connectivity index is 1.28. The van der Waals surface area contributed by atoms with Crippen molar-refractivity contribution in [3.63, 3.8) is 0 Å². The standard InChI is InChI=1S/C18H23F2N3O2/c19-14-7-13(14)17(25)23-11-3-5-18(20,8-11)9-22-16(24)12-4-6-21-15(12)10-1-2-10/h4,6,10-11,13-14,21H,1-3,5,7-9H2,(H,22,24)(H,23,25)/t11-,13-,14+,18+/m1/s1. The highest BCUT2D eigenvalue weighted by atomic mass is 19.1.